The lowest BCUT2D eigenvalue weighted by atomic mass is 9.88. The molecule has 2 aliphatic rings. The summed E-state index contributed by atoms with van der Waals surface area (Å²) in [6.45, 7) is 4.48. The van der Waals surface area contributed by atoms with Crippen molar-refractivity contribution < 1.29 is 14.3 Å². The number of amidine groups is 1. The molecule has 1 fully saturated rings. The van der Waals surface area contributed by atoms with E-state index in [9.17, 15) is 4.79 Å². The molecule has 198 valence electrons. The topological polar surface area (TPSA) is 63.5 Å². The Hall–Kier alpha value is -1.75. The Morgan fingerprint density at radius 1 is 1.05 bits per heavy atom. The fourth-order valence-electron chi connectivity index (χ4n) is 4.75. The molecule has 2 unspecified atom stereocenters. The van der Waals surface area contributed by atoms with Gasteiger partial charge in [-0.25, -0.2) is 4.99 Å². The van der Waals surface area contributed by atoms with Crippen molar-refractivity contribution in [1.82, 2.24) is 4.90 Å². The number of carbonyl (C=O) groups is 1. The van der Waals surface area contributed by atoms with Crippen LogP contribution in [0.3, 0.4) is 0 Å². The lowest BCUT2D eigenvalue weighted by Gasteiger charge is -2.29. The molecule has 0 saturated carbocycles. The van der Waals surface area contributed by atoms with Crippen molar-refractivity contribution in [2.75, 3.05) is 45.7 Å². The van der Waals surface area contributed by atoms with Crippen molar-refractivity contribution in [3.8, 4) is 0 Å². The molecule has 2 heterocycles. The van der Waals surface area contributed by atoms with E-state index < -0.39 is 5.92 Å². The lowest BCUT2D eigenvalue weighted by Crippen LogP contribution is -2.38. The summed E-state index contributed by atoms with van der Waals surface area (Å²) in [6.07, 6.45) is 7.44. The molecule has 37 heavy (non-hydrogen) atoms. The minimum absolute atomic E-state index is 0.279. The predicted octanol–water partition coefficient (Wildman–Crippen LogP) is 5.80. The first kappa shape index (κ1) is 28.3. The Bertz CT molecular complexity index is 1060. The van der Waals surface area contributed by atoms with E-state index in [0.29, 0.717) is 30.7 Å². The van der Waals surface area contributed by atoms with Gasteiger partial charge in [0.05, 0.1) is 31.6 Å². The zero-order valence-electron chi connectivity index (χ0n) is 21.5. The highest BCUT2D eigenvalue weighted by Gasteiger charge is 2.38. The normalized spacial score (nSPS) is 20.3. The van der Waals surface area contributed by atoms with Gasteiger partial charge in [0.15, 0.2) is 5.17 Å². The van der Waals surface area contributed by atoms with Gasteiger partial charge >= 0.3 is 5.97 Å². The quantitative estimate of drug-likeness (QED) is 0.178. The fourth-order valence-corrected chi connectivity index (χ4v) is 5.53. The second kappa shape index (κ2) is 15.0. The van der Waals surface area contributed by atoms with Crippen molar-refractivity contribution >= 4 is 51.2 Å². The SMILES string of the molecule is CSC1=NC(c2ccc(I)cc2)C(C(=O)OCCCc2ccccc2)C(COCCN2CCCCC2)=N1. The lowest BCUT2D eigenvalue weighted by molar-refractivity contribution is -0.147. The minimum Gasteiger partial charge on any atom is -0.465 e. The van der Waals surface area contributed by atoms with Gasteiger partial charge in [0.2, 0.25) is 0 Å². The Morgan fingerprint density at radius 2 is 1.81 bits per heavy atom. The number of esters is 1. The molecule has 0 N–H and O–H groups in total. The molecule has 4 rings (SSSR count). The molecular weight excluding hydrogens is 597 g/mol. The van der Waals surface area contributed by atoms with Crippen molar-refractivity contribution in [3.63, 3.8) is 0 Å². The second-order valence-electron chi connectivity index (χ2n) is 9.40. The number of hydrogen-bond acceptors (Lipinski definition) is 7. The Labute approximate surface area is 238 Å². The maximum Gasteiger partial charge on any atom is 0.317 e. The summed E-state index contributed by atoms with van der Waals surface area (Å²) in [5, 5.41) is 0.673. The van der Waals surface area contributed by atoms with E-state index in [1.807, 2.05) is 48.7 Å². The maximum absolute atomic E-state index is 13.5. The monoisotopic (exact) mass is 633 g/mol. The standard InChI is InChI=1S/C29H36IN3O3S/c1-37-29-31-25(21-35-20-18-33-16-6-3-7-17-33)26(27(32-29)23-12-14-24(30)15-13-23)28(34)36-19-8-11-22-9-4-2-5-10-22/h2,4-5,9-10,12-15,26-27H,3,6-8,11,16-21H2,1H3. The zero-order chi connectivity index (χ0) is 25.9. The van der Waals surface area contributed by atoms with Crippen LogP contribution in [0.15, 0.2) is 64.6 Å². The van der Waals surface area contributed by atoms with Crippen LogP contribution in [0.1, 0.15) is 42.9 Å². The third-order valence-corrected chi connectivity index (χ3v) is 8.04. The molecule has 0 radical (unpaired) electrons. The summed E-state index contributed by atoms with van der Waals surface area (Å²) in [4.78, 5) is 25.6. The number of aliphatic imine (C=N–C) groups is 2. The van der Waals surface area contributed by atoms with Gasteiger partial charge in [-0.15, -0.1) is 0 Å². The van der Waals surface area contributed by atoms with Crippen molar-refractivity contribution in [1.29, 1.82) is 0 Å². The summed E-state index contributed by atoms with van der Waals surface area (Å²) in [6, 6.07) is 18.1. The maximum atomic E-state index is 13.5. The van der Waals surface area contributed by atoms with Crippen molar-refractivity contribution in [3.05, 3.63) is 69.3 Å². The number of aryl methyl sites for hydroxylation is 1. The molecular formula is C29H36IN3O3S. The molecule has 0 spiro atoms. The molecule has 0 bridgehead atoms. The highest BCUT2D eigenvalue weighted by atomic mass is 127. The van der Waals surface area contributed by atoms with Crippen LogP contribution in [-0.4, -0.2) is 67.5 Å². The average Bonchev–Trinajstić information content (AvgIpc) is 2.94. The Kier molecular flexibility index (Phi) is 11.5. The summed E-state index contributed by atoms with van der Waals surface area (Å²) in [5.41, 5.74) is 2.93. The van der Waals surface area contributed by atoms with Crippen LogP contribution in [0.25, 0.3) is 0 Å². The molecule has 8 heteroatoms. The minimum atomic E-state index is -0.595. The Morgan fingerprint density at radius 3 is 2.54 bits per heavy atom. The van der Waals surface area contributed by atoms with Gasteiger partial charge in [0.25, 0.3) is 0 Å². The third kappa shape index (κ3) is 8.63. The van der Waals surface area contributed by atoms with Crippen LogP contribution in [0.5, 0.6) is 0 Å². The van der Waals surface area contributed by atoms with Crippen LogP contribution < -0.4 is 0 Å². The van der Waals surface area contributed by atoms with Crippen LogP contribution in [0.2, 0.25) is 0 Å². The van der Waals surface area contributed by atoms with E-state index >= 15 is 0 Å². The molecule has 0 aliphatic carbocycles. The molecule has 1 saturated heterocycles. The molecule has 0 amide bonds. The number of rotatable bonds is 11. The number of thioether (sulfide) groups is 1. The van der Waals surface area contributed by atoms with Crippen molar-refractivity contribution in [2.24, 2.45) is 15.9 Å². The smallest absolute Gasteiger partial charge is 0.317 e. The van der Waals surface area contributed by atoms with Gasteiger partial charge in [-0.05, 0) is 90.9 Å². The number of piperidine rings is 1. The number of nitrogens with zero attached hydrogens (tertiary/aromatic N) is 3. The van der Waals surface area contributed by atoms with Crippen LogP contribution in [-0.2, 0) is 20.7 Å². The number of hydrogen-bond donors (Lipinski definition) is 0. The predicted molar refractivity (Wildman–Crippen MR) is 161 cm³/mol. The molecule has 6 nitrogen and oxygen atoms in total. The molecule has 2 atom stereocenters. The first-order chi connectivity index (χ1) is 18.1. The van der Waals surface area contributed by atoms with E-state index in [1.54, 1.807) is 0 Å². The van der Waals surface area contributed by atoms with Gasteiger partial charge in [-0.1, -0.05) is 60.6 Å². The zero-order valence-corrected chi connectivity index (χ0v) is 24.5. The number of ether oxygens (including phenoxy) is 2. The van der Waals surface area contributed by atoms with Gasteiger partial charge in [-0.3, -0.25) is 9.79 Å². The highest BCUT2D eigenvalue weighted by Crippen LogP contribution is 2.34. The second-order valence-corrected chi connectivity index (χ2v) is 11.4. The van der Waals surface area contributed by atoms with Gasteiger partial charge in [-0.2, -0.15) is 0 Å². The molecule has 2 aliphatic heterocycles. The summed E-state index contributed by atoms with van der Waals surface area (Å²) in [5.74, 6) is -0.874. The molecule has 2 aromatic rings. The summed E-state index contributed by atoms with van der Waals surface area (Å²) >= 11 is 3.78. The van der Waals surface area contributed by atoms with Crippen LogP contribution in [0.4, 0.5) is 0 Å². The highest BCUT2D eigenvalue weighted by molar-refractivity contribution is 14.1. The number of halogens is 1. The van der Waals surface area contributed by atoms with E-state index in [4.69, 9.17) is 19.5 Å². The van der Waals surface area contributed by atoms with Gasteiger partial charge in [0.1, 0.15) is 5.92 Å². The first-order valence-corrected chi connectivity index (χ1v) is 15.4. The Balaban J connectivity index is 1.43. The largest absolute Gasteiger partial charge is 0.465 e. The van der Waals surface area contributed by atoms with Gasteiger partial charge in [0, 0.05) is 10.1 Å². The molecule has 2 aromatic carbocycles. The summed E-state index contributed by atoms with van der Waals surface area (Å²) in [7, 11) is 0. The van der Waals surface area contributed by atoms with Gasteiger partial charge < -0.3 is 14.4 Å². The average molecular weight is 634 g/mol. The van der Waals surface area contributed by atoms with Crippen LogP contribution >= 0.6 is 34.4 Å². The van der Waals surface area contributed by atoms with Crippen molar-refractivity contribution in [2.45, 2.75) is 38.1 Å². The first-order valence-electron chi connectivity index (χ1n) is 13.1. The van der Waals surface area contributed by atoms with Crippen LogP contribution in [0, 0.1) is 9.49 Å². The van der Waals surface area contributed by atoms with E-state index in [0.717, 1.165) is 41.6 Å². The third-order valence-electron chi connectivity index (χ3n) is 6.76. The number of benzene rings is 2. The summed E-state index contributed by atoms with van der Waals surface area (Å²) < 4.78 is 13.0. The fraction of sp³-hybridized carbons (Fsp3) is 0.483. The molecule has 0 aromatic heterocycles. The van der Waals surface area contributed by atoms with E-state index in [2.05, 4.69) is 39.6 Å². The number of carbonyl (C=O) groups excluding carboxylic acids is 1. The van der Waals surface area contributed by atoms with E-state index in [1.165, 1.54) is 36.6 Å². The number of likely N-dealkylation sites (tertiary alicyclic amines) is 1. The van der Waals surface area contributed by atoms with E-state index in [-0.39, 0.29) is 12.0 Å².